The number of carbonyl (C=O) groups excluding carboxylic acids is 1. The van der Waals surface area contributed by atoms with Crippen molar-refractivity contribution in [2.45, 2.75) is 39.5 Å². The summed E-state index contributed by atoms with van der Waals surface area (Å²) < 4.78 is 5.14. The lowest BCUT2D eigenvalue weighted by atomic mass is 9.98. The van der Waals surface area contributed by atoms with Gasteiger partial charge in [0.1, 0.15) is 5.75 Å². The normalized spacial score (nSPS) is 11.9. The van der Waals surface area contributed by atoms with Gasteiger partial charge in [0.2, 0.25) is 5.91 Å². The molecule has 3 nitrogen and oxygen atoms in total. The third-order valence-electron chi connectivity index (χ3n) is 3.11. The number of ether oxygens (including phenoxy) is 1. The summed E-state index contributed by atoms with van der Waals surface area (Å²) in [7, 11) is 1.62. The Morgan fingerprint density at radius 1 is 1.39 bits per heavy atom. The number of anilines is 1. The van der Waals surface area contributed by atoms with E-state index >= 15 is 0 Å². The van der Waals surface area contributed by atoms with E-state index in [0.29, 0.717) is 0 Å². The second kappa shape index (κ2) is 7.75. The van der Waals surface area contributed by atoms with Crippen LogP contribution in [0, 0.1) is 5.92 Å². The van der Waals surface area contributed by atoms with E-state index in [0.717, 1.165) is 37.1 Å². The van der Waals surface area contributed by atoms with Gasteiger partial charge in [-0.05, 0) is 25.0 Å². The molecule has 0 aliphatic rings. The Hall–Kier alpha value is -1.51. The second-order valence-corrected chi connectivity index (χ2v) is 4.47. The topological polar surface area (TPSA) is 38.3 Å². The van der Waals surface area contributed by atoms with Gasteiger partial charge in [0.15, 0.2) is 0 Å². The van der Waals surface area contributed by atoms with Crippen molar-refractivity contribution in [3.8, 4) is 5.75 Å². The zero-order chi connectivity index (χ0) is 13.4. The van der Waals surface area contributed by atoms with Crippen molar-refractivity contribution >= 4 is 11.6 Å². The molecule has 0 heterocycles. The van der Waals surface area contributed by atoms with Gasteiger partial charge in [-0.25, -0.2) is 0 Å². The minimum Gasteiger partial charge on any atom is -0.497 e. The third-order valence-corrected chi connectivity index (χ3v) is 3.11. The highest BCUT2D eigenvalue weighted by molar-refractivity contribution is 5.92. The first-order chi connectivity index (χ1) is 8.71. The largest absolute Gasteiger partial charge is 0.497 e. The van der Waals surface area contributed by atoms with Gasteiger partial charge in [-0.15, -0.1) is 0 Å². The highest BCUT2D eigenvalue weighted by atomic mass is 16.5. The Kier molecular flexibility index (Phi) is 6.26. The smallest absolute Gasteiger partial charge is 0.227 e. The van der Waals surface area contributed by atoms with Crippen LogP contribution in [0.5, 0.6) is 5.75 Å². The van der Waals surface area contributed by atoms with Gasteiger partial charge >= 0.3 is 0 Å². The maximum absolute atomic E-state index is 12.1. The SMILES string of the molecule is CCCC[C@H](CC)C(=O)Nc1cccc(OC)c1. The number of rotatable bonds is 7. The van der Waals surface area contributed by atoms with Gasteiger partial charge in [0.05, 0.1) is 7.11 Å². The molecule has 18 heavy (non-hydrogen) atoms. The van der Waals surface area contributed by atoms with Crippen molar-refractivity contribution in [1.82, 2.24) is 0 Å². The lowest BCUT2D eigenvalue weighted by molar-refractivity contribution is -0.120. The van der Waals surface area contributed by atoms with E-state index < -0.39 is 0 Å². The molecular weight excluding hydrogens is 226 g/mol. The highest BCUT2D eigenvalue weighted by Crippen LogP contribution is 2.19. The Morgan fingerprint density at radius 2 is 2.17 bits per heavy atom. The molecule has 1 atom stereocenters. The molecule has 3 heteroatoms. The average Bonchev–Trinajstić information content (AvgIpc) is 2.40. The van der Waals surface area contributed by atoms with E-state index in [1.165, 1.54) is 0 Å². The fourth-order valence-electron chi connectivity index (χ4n) is 1.92. The van der Waals surface area contributed by atoms with Gasteiger partial charge in [0, 0.05) is 17.7 Å². The van der Waals surface area contributed by atoms with Crippen molar-refractivity contribution < 1.29 is 9.53 Å². The molecular formula is C15H23NO2. The minimum atomic E-state index is 0.108. The van der Waals surface area contributed by atoms with Gasteiger partial charge in [-0.1, -0.05) is 32.8 Å². The van der Waals surface area contributed by atoms with Crippen LogP contribution in [0.25, 0.3) is 0 Å². The molecule has 0 unspecified atom stereocenters. The van der Waals surface area contributed by atoms with E-state index in [1.54, 1.807) is 7.11 Å². The van der Waals surface area contributed by atoms with Gasteiger partial charge < -0.3 is 10.1 Å². The molecule has 0 saturated carbocycles. The predicted octanol–water partition coefficient (Wildman–Crippen LogP) is 3.85. The molecule has 0 spiro atoms. The molecule has 1 aromatic rings. The summed E-state index contributed by atoms with van der Waals surface area (Å²) in [4.78, 5) is 12.1. The molecule has 0 saturated heterocycles. The highest BCUT2D eigenvalue weighted by Gasteiger charge is 2.15. The molecule has 0 aliphatic carbocycles. The van der Waals surface area contributed by atoms with Crippen LogP contribution in [0.1, 0.15) is 39.5 Å². The Bertz CT molecular complexity index is 377. The summed E-state index contributed by atoms with van der Waals surface area (Å²) in [5, 5.41) is 2.96. The number of hydrogen-bond acceptors (Lipinski definition) is 2. The standard InChI is InChI=1S/C15H23NO2/c1-4-6-8-12(5-2)15(17)16-13-9-7-10-14(11-13)18-3/h7,9-12H,4-6,8H2,1-3H3,(H,16,17)/t12-/m0/s1. The van der Waals surface area contributed by atoms with Crippen LogP contribution < -0.4 is 10.1 Å². The lowest BCUT2D eigenvalue weighted by Crippen LogP contribution is -2.22. The molecule has 0 radical (unpaired) electrons. The maximum atomic E-state index is 12.1. The number of nitrogens with one attached hydrogen (secondary N) is 1. The van der Waals surface area contributed by atoms with E-state index in [1.807, 2.05) is 24.3 Å². The fourth-order valence-corrected chi connectivity index (χ4v) is 1.92. The zero-order valence-electron chi connectivity index (χ0n) is 11.5. The fraction of sp³-hybridized carbons (Fsp3) is 0.533. The van der Waals surface area contributed by atoms with Crippen molar-refractivity contribution in [2.24, 2.45) is 5.92 Å². The molecule has 0 bridgehead atoms. The summed E-state index contributed by atoms with van der Waals surface area (Å²) in [6, 6.07) is 7.46. The van der Waals surface area contributed by atoms with Crippen LogP contribution in [-0.2, 0) is 4.79 Å². The van der Waals surface area contributed by atoms with Crippen LogP contribution in [0.3, 0.4) is 0 Å². The molecule has 0 aliphatic heterocycles. The second-order valence-electron chi connectivity index (χ2n) is 4.47. The molecule has 0 fully saturated rings. The predicted molar refractivity (Wildman–Crippen MR) is 74.9 cm³/mol. The number of benzene rings is 1. The zero-order valence-corrected chi connectivity index (χ0v) is 11.5. The number of unbranched alkanes of at least 4 members (excludes halogenated alkanes) is 1. The summed E-state index contributed by atoms with van der Waals surface area (Å²) in [6.45, 7) is 4.21. The first kappa shape index (κ1) is 14.6. The van der Waals surface area contributed by atoms with Gasteiger partial charge in [-0.3, -0.25) is 4.79 Å². The maximum Gasteiger partial charge on any atom is 0.227 e. The van der Waals surface area contributed by atoms with Crippen molar-refractivity contribution in [3.63, 3.8) is 0 Å². The van der Waals surface area contributed by atoms with Crippen molar-refractivity contribution in [1.29, 1.82) is 0 Å². The van der Waals surface area contributed by atoms with Crippen molar-refractivity contribution in [2.75, 3.05) is 12.4 Å². The summed E-state index contributed by atoms with van der Waals surface area (Å²) in [5.41, 5.74) is 0.800. The first-order valence-corrected chi connectivity index (χ1v) is 6.66. The van der Waals surface area contributed by atoms with Gasteiger partial charge in [0.25, 0.3) is 0 Å². The van der Waals surface area contributed by atoms with Crippen molar-refractivity contribution in [3.05, 3.63) is 24.3 Å². The molecule has 1 aromatic carbocycles. The quantitative estimate of drug-likeness (QED) is 0.797. The third kappa shape index (κ3) is 4.40. The van der Waals surface area contributed by atoms with Gasteiger partial charge in [-0.2, -0.15) is 0 Å². The average molecular weight is 249 g/mol. The number of hydrogen-bond donors (Lipinski definition) is 1. The Balaban J connectivity index is 2.61. The molecule has 0 aromatic heterocycles. The Labute approximate surface area is 110 Å². The monoisotopic (exact) mass is 249 g/mol. The van der Waals surface area contributed by atoms with Crippen LogP contribution >= 0.6 is 0 Å². The van der Waals surface area contributed by atoms with Crippen LogP contribution in [0.4, 0.5) is 5.69 Å². The number of methoxy groups -OCH3 is 1. The minimum absolute atomic E-state index is 0.108. The molecule has 1 amide bonds. The first-order valence-electron chi connectivity index (χ1n) is 6.66. The Morgan fingerprint density at radius 3 is 2.78 bits per heavy atom. The van der Waals surface area contributed by atoms with Crippen LogP contribution in [-0.4, -0.2) is 13.0 Å². The number of carbonyl (C=O) groups is 1. The van der Waals surface area contributed by atoms with E-state index in [-0.39, 0.29) is 11.8 Å². The number of amides is 1. The summed E-state index contributed by atoms with van der Waals surface area (Å²) in [5.74, 6) is 0.977. The summed E-state index contributed by atoms with van der Waals surface area (Å²) in [6.07, 6.45) is 4.07. The molecule has 1 rings (SSSR count). The van der Waals surface area contributed by atoms with Crippen LogP contribution in [0.2, 0.25) is 0 Å². The lowest BCUT2D eigenvalue weighted by Gasteiger charge is -2.14. The summed E-state index contributed by atoms with van der Waals surface area (Å²) >= 11 is 0. The molecule has 100 valence electrons. The van der Waals surface area contributed by atoms with E-state index in [9.17, 15) is 4.79 Å². The molecule has 1 N–H and O–H groups in total. The van der Waals surface area contributed by atoms with E-state index in [2.05, 4.69) is 19.2 Å². The van der Waals surface area contributed by atoms with Crippen LogP contribution in [0.15, 0.2) is 24.3 Å². The van der Waals surface area contributed by atoms with E-state index in [4.69, 9.17) is 4.74 Å².